The Morgan fingerprint density at radius 1 is 1.17 bits per heavy atom. The van der Waals surface area contributed by atoms with Gasteiger partial charge in [0.2, 0.25) is 0 Å². The molecule has 0 spiro atoms. The molecular formula is C20H24ClNO2. The molecule has 4 heteroatoms. The first-order valence-corrected chi connectivity index (χ1v) is 8.59. The molecule has 0 bridgehead atoms. The van der Waals surface area contributed by atoms with Gasteiger partial charge in [-0.05, 0) is 56.0 Å². The molecule has 0 fully saturated rings. The highest BCUT2D eigenvalue weighted by atomic mass is 35.5. The zero-order valence-corrected chi connectivity index (χ0v) is 15.4. The number of carbonyl (C=O) groups is 1. The summed E-state index contributed by atoms with van der Waals surface area (Å²) in [6.45, 7) is 7.94. The highest BCUT2D eigenvalue weighted by Crippen LogP contribution is 2.25. The monoisotopic (exact) mass is 345 g/mol. The van der Waals surface area contributed by atoms with Crippen LogP contribution in [-0.4, -0.2) is 12.0 Å². The number of rotatable bonds is 6. The van der Waals surface area contributed by atoms with Crippen LogP contribution < -0.4 is 10.1 Å². The summed E-state index contributed by atoms with van der Waals surface area (Å²) >= 11 is 6.08. The van der Waals surface area contributed by atoms with Gasteiger partial charge in [0.15, 0.2) is 6.10 Å². The highest BCUT2D eigenvalue weighted by molar-refractivity contribution is 6.32. The minimum absolute atomic E-state index is 0.0332. The molecule has 2 aromatic rings. The van der Waals surface area contributed by atoms with Crippen molar-refractivity contribution >= 4 is 17.5 Å². The quantitative estimate of drug-likeness (QED) is 0.800. The van der Waals surface area contributed by atoms with Crippen LogP contribution in [-0.2, 0) is 4.79 Å². The minimum atomic E-state index is -0.620. The molecule has 0 radical (unpaired) electrons. The summed E-state index contributed by atoms with van der Waals surface area (Å²) in [4.78, 5) is 12.5. The van der Waals surface area contributed by atoms with Gasteiger partial charge in [-0.15, -0.1) is 0 Å². The Balaban J connectivity index is 2.05. The van der Waals surface area contributed by atoms with E-state index in [0.717, 1.165) is 12.0 Å². The lowest BCUT2D eigenvalue weighted by atomic mass is 9.99. The van der Waals surface area contributed by atoms with Crippen LogP contribution in [0.2, 0.25) is 5.02 Å². The van der Waals surface area contributed by atoms with Crippen molar-refractivity contribution in [2.75, 3.05) is 0 Å². The van der Waals surface area contributed by atoms with E-state index in [9.17, 15) is 4.79 Å². The summed E-state index contributed by atoms with van der Waals surface area (Å²) in [6, 6.07) is 13.4. The Morgan fingerprint density at radius 3 is 2.50 bits per heavy atom. The summed E-state index contributed by atoms with van der Waals surface area (Å²) < 4.78 is 5.69. The van der Waals surface area contributed by atoms with Gasteiger partial charge in [-0.1, -0.05) is 48.9 Å². The van der Waals surface area contributed by atoms with Gasteiger partial charge in [0.1, 0.15) is 5.75 Å². The van der Waals surface area contributed by atoms with Crippen LogP contribution in [0, 0.1) is 13.8 Å². The molecule has 2 rings (SSSR count). The number of hydrogen-bond donors (Lipinski definition) is 1. The lowest BCUT2D eigenvalue weighted by molar-refractivity contribution is -0.128. The number of amides is 1. The Labute approximate surface area is 149 Å². The lowest BCUT2D eigenvalue weighted by Crippen LogP contribution is -2.38. The average molecular weight is 346 g/mol. The molecule has 1 N–H and O–H groups in total. The van der Waals surface area contributed by atoms with Crippen molar-refractivity contribution in [3.63, 3.8) is 0 Å². The molecule has 0 aromatic heterocycles. The molecule has 1 amide bonds. The van der Waals surface area contributed by atoms with Crippen molar-refractivity contribution in [1.82, 2.24) is 5.32 Å². The number of hydrogen-bond acceptors (Lipinski definition) is 2. The highest BCUT2D eigenvalue weighted by Gasteiger charge is 2.20. The third kappa shape index (κ3) is 4.51. The van der Waals surface area contributed by atoms with Crippen LogP contribution >= 0.6 is 11.6 Å². The molecule has 2 atom stereocenters. The van der Waals surface area contributed by atoms with Crippen LogP contribution in [0.15, 0.2) is 42.5 Å². The number of benzene rings is 2. The second-order valence-corrected chi connectivity index (χ2v) is 6.41. The topological polar surface area (TPSA) is 38.3 Å². The van der Waals surface area contributed by atoms with Gasteiger partial charge in [0, 0.05) is 0 Å². The van der Waals surface area contributed by atoms with Gasteiger partial charge in [0.05, 0.1) is 11.1 Å². The second-order valence-electron chi connectivity index (χ2n) is 6.00. The zero-order chi connectivity index (χ0) is 17.7. The van der Waals surface area contributed by atoms with E-state index in [0.29, 0.717) is 10.8 Å². The van der Waals surface area contributed by atoms with E-state index in [-0.39, 0.29) is 11.9 Å². The van der Waals surface area contributed by atoms with Gasteiger partial charge >= 0.3 is 0 Å². The van der Waals surface area contributed by atoms with Crippen molar-refractivity contribution in [1.29, 1.82) is 0 Å². The van der Waals surface area contributed by atoms with E-state index in [1.54, 1.807) is 19.1 Å². The number of para-hydroxylation sites is 1. The Morgan fingerprint density at radius 2 is 1.88 bits per heavy atom. The molecule has 0 aliphatic heterocycles. The number of aryl methyl sites for hydroxylation is 2. The third-order valence-corrected chi connectivity index (χ3v) is 4.48. The van der Waals surface area contributed by atoms with E-state index in [2.05, 4.69) is 44.3 Å². The molecular weight excluding hydrogens is 322 g/mol. The average Bonchev–Trinajstić information content (AvgIpc) is 2.57. The maximum absolute atomic E-state index is 12.5. The lowest BCUT2D eigenvalue weighted by Gasteiger charge is -2.22. The molecule has 128 valence electrons. The van der Waals surface area contributed by atoms with Gasteiger partial charge < -0.3 is 10.1 Å². The summed E-state index contributed by atoms with van der Waals surface area (Å²) in [6.07, 6.45) is 0.193. The van der Waals surface area contributed by atoms with E-state index in [1.807, 2.05) is 12.1 Å². The van der Waals surface area contributed by atoms with Gasteiger partial charge in [0.25, 0.3) is 5.91 Å². The first kappa shape index (κ1) is 18.3. The molecule has 3 nitrogen and oxygen atoms in total. The number of nitrogens with one attached hydrogen (secondary N) is 1. The van der Waals surface area contributed by atoms with Crippen molar-refractivity contribution in [2.24, 2.45) is 0 Å². The van der Waals surface area contributed by atoms with Crippen molar-refractivity contribution in [2.45, 2.75) is 46.3 Å². The fourth-order valence-corrected chi connectivity index (χ4v) is 2.66. The molecule has 0 heterocycles. The third-order valence-electron chi connectivity index (χ3n) is 4.17. The molecule has 0 saturated carbocycles. The van der Waals surface area contributed by atoms with E-state index in [4.69, 9.17) is 16.3 Å². The SMILES string of the molecule is CC[C@@H](NC(=O)[C@H](C)Oc1ccccc1Cl)c1ccc(C)c(C)c1. The number of ether oxygens (including phenoxy) is 1. The minimum Gasteiger partial charge on any atom is -0.479 e. The van der Waals surface area contributed by atoms with E-state index in [1.165, 1.54) is 11.1 Å². The molecule has 0 unspecified atom stereocenters. The van der Waals surface area contributed by atoms with E-state index >= 15 is 0 Å². The molecule has 0 aliphatic rings. The molecule has 0 saturated heterocycles. The van der Waals surface area contributed by atoms with Gasteiger partial charge in [-0.3, -0.25) is 4.79 Å². The Kier molecular flexibility index (Phi) is 6.27. The second kappa shape index (κ2) is 8.20. The molecule has 2 aromatic carbocycles. The Bertz CT molecular complexity index is 715. The smallest absolute Gasteiger partial charge is 0.261 e. The normalized spacial score (nSPS) is 13.2. The van der Waals surface area contributed by atoms with Crippen LogP contribution in [0.3, 0.4) is 0 Å². The van der Waals surface area contributed by atoms with Crippen molar-refractivity contribution < 1.29 is 9.53 Å². The predicted molar refractivity (Wildman–Crippen MR) is 98.6 cm³/mol. The van der Waals surface area contributed by atoms with E-state index < -0.39 is 6.10 Å². The summed E-state index contributed by atoms with van der Waals surface area (Å²) in [5.41, 5.74) is 3.58. The van der Waals surface area contributed by atoms with Crippen molar-refractivity contribution in [3.8, 4) is 5.75 Å². The van der Waals surface area contributed by atoms with Gasteiger partial charge in [-0.25, -0.2) is 0 Å². The fraction of sp³-hybridized carbons (Fsp3) is 0.350. The van der Waals surface area contributed by atoms with Crippen LogP contribution in [0.1, 0.15) is 43.0 Å². The molecule has 0 aliphatic carbocycles. The molecule has 24 heavy (non-hydrogen) atoms. The Hall–Kier alpha value is -2.00. The van der Waals surface area contributed by atoms with Crippen LogP contribution in [0.4, 0.5) is 0 Å². The first-order chi connectivity index (χ1) is 11.4. The first-order valence-electron chi connectivity index (χ1n) is 8.21. The van der Waals surface area contributed by atoms with Crippen LogP contribution in [0.25, 0.3) is 0 Å². The predicted octanol–water partition coefficient (Wildman–Crippen LogP) is 4.99. The maximum atomic E-state index is 12.5. The van der Waals surface area contributed by atoms with Crippen molar-refractivity contribution in [3.05, 3.63) is 64.2 Å². The standard InChI is InChI=1S/C20H24ClNO2/c1-5-18(16-11-10-13(2)14(3)12-16)22-20(23)15(4)24-19-9-7-6-8-17(19)21/h6-12,15,18H,5H2,1-4H3,(H,22,23)/t15-,18+/m0/s1. The zero-order valence-electron chi connectivity index (χ0n) is 14.6. The van der Waals surface area contributed by atoms with Gasteiger partial charge in [-0.2, -0.15) is 0 Å². The maximum Gasteiger partial charge on any atom is 0.261 e. The number of carbonyl (C=O) groups excluding carboxylic acids is 1. The largest absolute Gasteiger partial charge is 0.479 e. The van der Waals surface area contributed by atoms with Crippen LogP contribution in [0.5, 0.6) is 5.75 Å². The fourth-order valence-electron chi connectivity index (χ4n) is 2.48. The number of halogens is 1. The summed E-state index contributed by atoms with van der Waals surface area (Å²) in [5.74, 6) is 0.362. The summed E-state index contributed by atoms with van der Waals surface area (Å²) in [7, 11) is 0. The summed E-state index contributed by atoms with van der Waals surface area (Å²) in [5, 5.41) is 3.56.